The summed E-state index contributed by atoms with van der Waals surface area (Å²) in [7, 11) is 0. The molecular weight excluding hydrogens is 290 g/mol. The zero-order valence-electron chi connectivity index (χ0n) is 14.5. The van der Waals surface area contributed by atoms with Crippen molar-refractivity contribution in [2.45, 2.75) is 77.0 Å². The first kappa shape index (κ1) is 16.5. The third-order valence-corrected chi connectivity index (χ3v) is 5.34. The molecule has 0 bridgehead atoms. The number of likely N-dealkylation sites (tertiary alicyclic amines) is 1. The molecule has 1 amide bonds. The number of carbonyl (C=O) groups excluding carboxylic acids is 1. The summed E-state index contributed by atoms with van der Waals surface area (Å²) in [5.41, 5.74) is 0. The van der Waals surface area contributed by atoms with Gasteiger partial charge in [0.15, 0.2) is 5.82 Å². The lowest BCUT2D eigenvalue weighted by molar-refractivity contribution is -0.132. The summed E-state index contributed by atoms with van der Waals surface area (Å²) in [6.45, 7) is 5.75. The highest BCUT2D eigenvalue weighted by Crippen LogP contribution is 2.30. The van der Waals surface area contributed by atoms with Crippen molar-refractivity contribution in [1.29, 1.82) is 0 Å². The fourth-order valence-corrected chi connectivity index (χ4v) is 3.84. The molecule has 128 valence electrons. The highest BCUT2D eigenvalue weighted by atomic mass is 16.5. The Balaban J connectivity index is 1.53. The van der Waals surface area contributed by atoms with Gasteiger partial charge in [0.05, 0.1) is 5.92 Å². The van der Waals surface area contributed by atoms with Gasteiger partial charge in [0, 0.05) is 25.4 Å². The third kappa shape index (κ3) is 4.12. The van der Waals surface area contributed by atoms with Gasteiger partial charge in [-0.2, -0.15) is 4.98 Å². The van der Waals surface area contributed by atoms with Gasteiger partial charge in [-0.3, -0.25) is 4.79 Å². The molecule has 5 heteroatoms. The number of nitrogens with zero attached hydrogens (tertiary/aromatic N) is 3. The van der Waals surface area contributed by atoms with Crippen molar-refractivity contribution in [2.24, 2.45) is 5.92 Å². The largest absolute Gasteiger partial charge is 0.342 e. The molecule has 3 rings (SSSR count). The molecule has 2 heterocycles. The molecule has 1 aliphatic carbocycles. The van der Waals surface area contributed by atoms with Gasteiger partial charge in [0.1, 0.15) is 0 Å². The fourth-order valence-electron chi connectivity index (χ4n) is 3.84. The van der Waals surface area contributed by atoms with E-state index in [0.717, 1.165) is 44.1 Å². The van der Waals surface area contributed by atoms with Crippen molar-refractivity contribution in [3.8, 4) is 0 Å². The van der Waals surface area contributed by atoms with Crippen LogP contribution >= 0.6 is 0 Å². The molecule has 0 radical (unpaired) electrons. The predicted molar refractivity (Wildman–Crippen MR) is 88.1 cm³/mol. The quantitative estimate of drug-likeness (QED) is 0.826. The Morgan fingerprint density at radius 2 is 2.04 bits per heavy atom. The lowest BCUT2D eigenvalue weighted by Crippen LogP contribution is -2.39. The maximum Gasteiger partial charge on any atom is 0.231 e. The third-order valence-electron chi connectivity index (χ3n) is 5.34. The Bertz CT molecular complexity index is 520. The number of carbonyl (C=O) groups is 1. The Morgan fingerprint density at radius 1 is 1.26 bits per heavy atom. The zero-order valence-corrected chi connectivity index (χ0v) is 14.5. The molecule has 1 saturated carbocycles. The number of hydrogen-bond acceptors (Lipinski definition) is 4. The molecule has 2 fully saturated rings. The smallest absolute Gasteiger partial charge is 0.231 e. The molecule has 1 aromatic rings. The second kappa shape index (κ2) is 7.45. The minimum absolute atomic E-state index is 0.208. The van der Waals surface area contributed by atoms with Crippen LogP contribution in [0, 0.1) is 5.92 Å². The maximum atomic E-state index is 12.5. The number of rotatable bonds is 5. The number of piperidine rings is 1. The molecule has 0 aromatic carbocycles. The van der Waals surface area contributed by atoms with Crippen molar-refractivity contribution in [3.63, 3.8) is 0 Å². The molecule has 1 aliphatic heterocycles. The Kier molecular flexibility index (Phi) is 5.34. The molecule has 0 N–H and O–H groups in total. The van der Waals surface area contributed by atoms with Gasteiger partial charge in [0.2, 0.25) is 11.8 Å². The van der Waals surface area contributed by atoms with Crippen molar-refractivity contribution in [3.05, 3.63) is 11.7 Å². The van der Waals surface area contributed by atoms with E-state index in [1.165, 1.54) is 25.7 Å². The second-order valence-electron chi connectivity index (χ2n) is 7.51. The summed E-state index contributed by atoms with van der Waals surface area (Å²) in [6, 6.07) is 0. The Hall–Kier alpha value is -1.39. The van der Waals surface area contributed by atoms with Crippen LogP contribution in [0.5, 0.6) is 0 Å². The summed E-state index contributed by atoms with van der Waals surface area (Å²) < 4.78 is 5.44. The minimum Gasteiger partial charge on any atom is -0.342 e. The van der Waals surface area contributed by atoms with Gasteiger partial charge < -0.3 is 9.42 Å². The second-order valence-corrected chi connectivity index (χ2v) is 7.51. The van der Waals surface area contributed by atoms with E-state index in [2.05, 4.69) is 24.0 Å². The maximum absolute atomic E-state index is 12.5. The monoisotopic (exact) mass is 319 g/mol. The first-order valence-electron chi connectivity index (χ1n) is 9.24. The van der Waals surface area contributed by atoms with Crippen LogP contribution in [0.1, 0.15) is 88.8 Å². The van der Waals surface area contributed by atoms with Crippen LogP contribution in [0.3, 0.4) is 0 Å². The van der Waals surface area contributed by atoms with Crippen LogP contribution in [-0.2, 0) is 4.79 Å². The van der Waals surface area contributed by atoms with E-state index < -0.39 is 0 Å². The first-order valence-corrected chi connectivity index (χ1v) is 9.24. The van der Waals surface area contributed by atoms with Gasteiger partial charge in [-0.05, 0) is 25.2 Å². The summed E-state index contributed by atoms with van der Waals surface area (Å²) >= 11 is 0. The van der Waals surface area contributed by atoms with Crippen LogP contribution in [0.25, 0.3) is 0 Å². The highest BCUT2D eigenvalue weighted by molar-refractivity contribution is 5.76. The SMILES string of the molecule is CC(C)c1noc(C2CCCN(C(=O)CCC3CCCC3)C2)n1. The lowest BCUT2D eigenvalue weighted by atomic mass is 9.96. The van der Waals surface area contributed by atoms with E-state index in [9.17, 15) is 4.79 Å². The lowest BCUT2D eigenvalue weighted by Gasteiger charge is -2.31. The summed E-state index contributed by atoms with van der Waals surface area (Å²) in [6.07, 6.45) is 9.16. The number of amides is 1. The average molecular weight is 319 g/mol. The van der Waals surface area contributed by atoms with E-state index >= 15 is 0 Å². The van der Waals surface area contributed by atoms with E-state index in [0.29, 0.717) is 18.2 Å². The molecule has 5 nitrogen and oxygen atoms in total. The van der Waals surface area contributed by atoms with Crippen LogP contribution in [0.15, 0.2) is 4.52 Å². The van der Waals surface area contributed by atoms with Crippen LogP contribution < -0.4 is 0 Å². The molecule has 1 saturated heterocycles. The summed E-state index contributed by atoms with van der Waals surface area (Å²) in [5, 5.41) is 4.06. The van der Waals surface area contributed by atoms with Gasteiger partial charge >= 0.3 is 0 Å². The normalized spacial score (nSPS) is 22.9. The first-order chi connectivity index (χ1) is 11.1. The Labute approximate surface area is 138 Å². The van der Waals surface area contributed by atoms with Gasteiger partial charge in [-0.15, -0.1) is 0 Å². The highest BCUT2D eigenvalue weighted by Gasteiger charge is 2.29. The van der Waals surface area contributed by atoms with Crippen molar-refractivity contribution >= 4 is 5.91 Å². The van der Waals surface area contributed by atoms with E-state index in [-0.39, 0.29) is 11.8 Å². The number of aromatic nitrogens is 2. The molecule has 1 unspecified atom stereocenters. The zero-order chi connectivity index (χ0) is 16.2. The summed E-state index contributed by atoms with van der Waals surface area (Å²) in [5.74, 6) is 3.06. The standard InChI is InChI=1S/C18H29N3O2/c1-13(2)17-19-18(23-20-17)15-8-5-11-21(12-15)16(22)10-9-14-6-3-4-7-14/h13-15H,3-12H2,1-2H3. The molecule has 2 aliphatic rings. The van der Waals surface area contributed by atoms with Crippen LogP contribution in [-0.4, -0.2) is 34.0 Å². The van der Waals surface area contributed by atoms with Crippen molar-refractivity contribution in [1.82, 2.24) is 15.0 Å². The predicted octanol–water partition coefficient (Wildman–Crippen LogP) is 3.87. The van der Waals surface area contributed by atoms with Gasteiger partial charge in [-0.1, -0.05) is 44.7 Å². The average Bonchev–Trinajstić information content (AvgIpc) is 3.24. The Morgan fingerprint density at radius 3 is 2.74 bits per heavy atom. The minimum atomic E-state index is 0.208. The molecule has 0 spiro atoms. The molecule has 1 atom stereocenters. The molecule has 1 aromatic heterocycles. The topological polar surface area (TPSA) is 59.2 Å². The van der Waals surface area contributed by atoms with E-state index in [4.69, 9.17) is 4.52 Å². The molecular formula is C18H29N3O2. The van der Waals surface area contributed by atoms with Crippen LogP contribution in [0.4, 0.5) is 0 Å². The molecule has 23 heavy (non-hydrogen) atoms. The van der Waals surface area contributed by atoms with Gasteiger partial charge in [-0.25, -0.2) is 0 Å². The van der Waals surface area contributed by atoms with Crippen LogP contribution in [0.2, 0.25) is 0 Å². The fraction of sp³-hybridized carbons (Fsp3) is 0.833. The van der Waals surface area contributed by atoms with Gasteiger partial charge in [0.25, 0.3) is 0 Å². The summed E-state index contributed by atoms with van der Waals surface area (Å²) in [4.78, 5) is 19.0. The van der Waals surface area contributed by atoms with Crippen molar-refractivity contribution in [2.75, 3.05) is 13.1 Å². The van der Waals surface area contributed by atoms with E-state index in [1.54, 1.807) is 0 Å². The van der Waals surface area contributed by atoms with Crippen molar-refractivity contribution < 1.29 is 9.32 Å². The number of hydrogen-bond donors (Lipinski definition) is 0. The van der Waals surface area contributed by atoms with E-state index in [1.807, 2.05) is 4.90 Å².